The second-order valence-corrected chi connectivity index (χ2v) is 12.2. The Balaban J connectivity index is 0.000000712. The van der Waals surface area contributed by atoms with Gasteiger partial charge in [-0.25, -0.2) is 8.78 Å². The molecule has 1 rings (SSSR count). The zero-order chi connectivity index (χ0) is 29.1. The van der Waals surface area contributed by atoms with E-state index in [0.717, 1.165) is 19.3 Å². The van der Waals surface area contributed by atoms with Gasteiger partial charge in [-0.15, -0.1) is 0 Å². The van der Waals surface area contributed by atoms with Crippen LogP contribution in [0.3, 0.4) is 0 Å². The predicted octanol–water partition coefficient (Wildman–Crippen LogP) is 8.38. The minimum Gasteiger partial charge on any atom is -0.390 e. The molecule has 0 unspecified atom stereocenters. The fraction of sp³-hybridized carbons (Fsp3) is 0.871. The van der Waals surface area contributed by atoms with Crippen molar-refractivity contribution in [1.29, 1.82) is 0 Å². The van der Waals surface area contributed by atoms with Crippen LogP contribution in [0.2, 0.25) is 0 Å². The van der Waals surface area contributed by atoms with E-state index in [0.29, 0.717) is 18.3 Å². The van der Waals surface area contributed by atoms with Gasteiger partial charge in [0.25, 0.3) is 0 Å². The molecular weight excluding hydrogens is 474 g/mol. The molecule has 37 heavy (non-hydrogen) atoms. The number of aliphatic hydroxyl groups excluding tert-OH is 2. The van der Waals surface area contributed by atoms with E-state index in [-0.39, 0.29) is 41.6 Å². The number of rotatable bonds is 13. The minimum absolute atomic E-state index is 0.0153. The van der Waals surface area contributed by atoms with Gasteiger partial charge >= 0.3 is 0 Å². The Hall–Kier alpha value is -0.820. The molecule has 2 N–H and O–H groups in total. The van der Waals surface area contributed by atoms with Crippen molar-refractivity contribution in [3.63, 3.8) is 0 Å². The highest BCUT2D eigenvalue weighted by molar-refractivity contribution is 5.05. The average molecular weight is 533 g/mol. The summed E-state index contributed by atoms with van der Waals surface area (Å²) in [6.07, 6.45) is 4.42. The van der Waals surface area contributed by atoms with Crippen molar-refractivity contribution in [2.75, 3.05) is 0 Å². The molecule has 0 radical (unpaired) electrons. The molecule has 0 amide bonds. The van der Waals surface area contributed by atoms with E-state index in [4.69, 9.17) is 9.47 Å². The van der Waals surface area contributed by atoms with Crippen LogP contribution in [-0.2, 0) is 9.47 Å². The minimum atomic E-state index is -1.02. The van der Waals surface area contributed by atoms with Crippen molar-refractivity contribution >= 4 is 0 Å². The third-order valence-corrected chi connectivity index (χ3v) is 7.60. The fourth-order valence-electron chi connectivity index (χ4n) is 4.11. The summed E-state index contributed by atoms with van der Waals surface area (Å²) in [7, 11) is 0. The topological polar surface area (TPSA) is 58.9 Å². The van der Waals surface area contributed by atoms with E-state index in [9.17, 15) is 19.0 Å². The van der Waals surface area contributed by atoms with Gasteiger partial charge in [0.2, 0.25) is 0 Å². The lowest BCUT2D eigenvalue weighted by molar-refractivity contribution is -0.149. The van der Waals surface area contributed by atoms with Crippen LogP contribution in [0.25, 0.3) is 0 Å². The maximum absolute atomic E-state index is 14.5. The number of hydrogen-bond acceptors (Lipinski definition) is 4. The highest BCUT2D eigenvalue weighted by Gasteiger charge is 2.44. The monoisotopic (exact) mass is 532 g/mol. The van der Waals surface area contributed by atoms with Crippen molar-refractivity contribution < 1.29 is 28.5 Å². The Labute approximate surface area is 226 Å². The van der Waals surface area contributed by atoms with Crippen molar-refractivity contribution in [2.24, 2.45) is 35.5 Å². The Morgan fingerprint density at radius 1 is 0.811 bits per heavy atom. The van der Waals surface area contributed by atoms with E-state index >= 15 is 0 Å². The number of ether oxygens (including phenoxy) is 2. The molecule has 1 fully saturated rings. The molecule has 1 saturated heterocycles. The number of hydrogen-bond donors (Lipinski definition) is 2. The molecule has 0 spiro atoms. The van der Waals surface area contributed by atoms with Gasteiger partial charge in [-0.05, 0) is 62.5 Å². The Bertz CT molecular complexity index is 689. The maximum Gasteiger partial charge on any atom is 0.163 e. The first-order valence-electron chi connectivity index (χ1n) is 14.4. The fourth-order valence-corrected chi connectivity index (χ4v) is 4.11. The zero-order valence-electron chi connectivity index (χ0n) is 25.7. The van der Waals surface area contributed by atoms with Crippen LogP contribution in [0.5, 0.6) is 0 Å². The first-order chi connectivity index (χ1) is 17.0. The first-order valence-corrected chi connectivity index (χ1v) is 14.4. The molecule has 0 aliphatic carbocycles. The van der Waals surface area contributed by atoms with Gasteiger partial charge in [0.1, 0.15) is 11.7 Å². The molecule has 0 aromatic heterocycles. The van der Waals surface area contributed by atoms with Gasteiger partial charge in [-0.3, -0.25) is 0 Å². The Morgan fingerprint density at radius 3 is 1.73 bits per heavy atom. The molecule has 1 aliphatic rings. The Morgan fingerprint density at radius 2 is 1.30 bits per heavy atom. The van der Waals surface area contributed by atoms with Crippen LogP contribution in [-0.4, -0.2) is 40.4 Å². The van der Waals surface area contributed by atoms with Crippen LogP contribution in [0.4, 0.5) is 8.78 Å². The standard InChI is InChI=1S/C17H31FO2.C14H27FO2/c1-8-9-15-16(20-17(6,7)19-15)13(5)14(18)10-12(4)11(2)3;1-6-7-13(16)14(17)11(5)12(15)8-10(4)9(2)3/h10-13,15-16H,8-9H2,1-7H3;8-11,13-14,16-17H,6-7H2,1-5H3/b14-10+;12-8+/t12-,13-,15+,16-;10-,11-,13+,14-/m11/s1. The summed E-state index contributed by atoms with van der Waals surface area (Å²) in [5, 5.41) is 19.4. The molecular formula is C31H58F2O4. The molecule has 0 bridgehead atoms. The smallest absolute Gasteiger partial charge is 0.163 e. The zero-order valence-corrected chi connectivity index (χ0v) is 25.7. The summed E-state index contributed by atoms with van der Waals surface area (Å²) in [5.41, 5.74) is 0. The molecule has 4 nitrogen and oxygen atoms in total. The van der Waals surface area contributed by atoms with Crippen molar-refractivity contribution in [3.8, 4) is 0 Å². The Kier molecular flexibility index (Phi) is 16.6. The summed E-state index contributed by atoms with van der Waals surface area (Å²) >= 11 is 0. The normalized spacial score (nSPS) is 25.4. The maximum atomic E-state index is 14.5. The van der Waals surface area contributed by atoms with Gasteiger partial charge in [0, 0.05) is 11.8 Å². The highest BCUT2D eigenvalue weighted by atomic mass is 19.1. The molecule has 1 heterocycles. The second kappa shape index (κ2) is 17.0. The molecule has 0 saturated carbocycles. The lowest BCUT2D eigenvalue weighted by atomic mass is 9.91. The van der Waals surface area contributed by atoms with Crippen molar-refractivity contribution in [1.82, 2.24) is 0 Å². The lowest BCUT2D eigenvalue weighted by Gasteiger charge is -2.23. The third-order valence-electron chi connectivity index (χ3n) is 7.60. The lowest BCUT2D eigenvalue weighted by Crippen LogP contribution is -2.32. The largest absolute Gasteiger partial charge is 0.390 e. The summed E-state index contributed by atoms with van der Waals surface area (Å²) in [6.45, 7) is 23.6. The number of aliphatic hydroxyl groups is 2. The summed E-state index contributed by atoms with van der Waals surface area (Å²) < 4.78 is 40.1. The van der Waals surface area contributed by atoms with E-state index in [1.54, 1.807) is 19.1 Å². The third kappa shape index (κ3) is 12.7. The van der Waals surface area contributed by atoms with Gasteiger partial charge in [0.15, 0.2) is 5.79 Å². The molecule has 0 aromatic carbocycles. The van der Waals surface area contributed by atoms with Crippen LogP contribution >= 0.6 is 0 Å². The summed E-state index contributed by atoms with van der Waals surface area (Å²) in [5.74, 6) is -0.727. The summed E-state index contributed by atoms with van der Waals surface area (Å²) in [6, 6.07) is 0. The first kappa shape index (κ1) is 36.2. The van der Waals surface area contributed by atoms with Crippen LogP contribution in [0, 0.1) is 35.5 Å². The quantitative estimate of drug-likeness (QED) is 0.250. The van der Waals surface area contributed by atoms with Crippen molar-refractivity contribution in [3.05, 3.63) is 23.8 Å². The van der Waals surface area contributed by atoms with Gasteiger partial charge in [0.05, 0.1) is 24.4 Å². The second-order valence-electron chi connectivity index (χ2n) is 12.2. The van der Waals surface area contributed by atoms with E-state index < -0.39 is 23.9 Å². The van der Waals surface area contributed by atoms with Gasteiger partial charge in [-0.2, -0.15) is 0 Å². The average Bonchev–Trinajstić information content (AvgIpc) is 3.11. The molecule has 8 atom stereocenters. The van der Waals surface area contributed by atoms with Gasteiger partial charge in [-0.1, -0.05) is 82.1 Å². The predicted molar refractivity (Wildman–Crippen MR) is 150 cm³/mol. The highest BCUT2D eigenvalue weighted by Crippen LogP contribution is 2.37. The molecule has 1 aliphatic heterocycles. The molecule has 0 aromatic rings. The van der Waals surface area contributed by atoms with E-state index in [2.05, 4.69) is 27.7 Å². The SMILES string of the molecule is CCC[C@@H]1OC(C)(C)O[C@@H]1[C@H](C)/C(F)=C\[C@@H](C)C(C)C.CCC[C@H](O)[C@H](O)[C@H](C)/C(F)=C\[C@@H](C)C(C)C. The number of allylic oxidation sites excluding steroid dienone is 2. The van der Waals surface area contributed by atoms with Crippen molar-refractivity contribution in [2.45, 2.75) is 139 Å². The van der Waals surface area contributed by atoms with Gasteiger partial charge < -0.3 is 19.7 Å². The van der Waals surface area contributed by atoms with E-state index in [1.807, 2.05) is 48.5 Å². The molecule has 6 heteroatoms. The number of halogens is 2. The van der Waals surface area contributed by atoms with Crippen LogP contribution in [0.15, 0.2) is 23.8 Å². The summed E-state index contributed by atoms with van der Waals surface area (Å²) in [4.78, 5) is 0. The van der Waals surface area contributed by atoms with Crippen LogP contribution in [0.1, 0.15) is 109 Å². The molecule has 220 valence electrons. The van der Waals surface area contributed by atoms with Crippen LogP contribution < -0.4 is 0 Å². The van der Waals surface area contributed by atoms with E-state index in [1.165, 1.54) is 0 Å².